The molecule has 120 valence electrons. The van der Waals surface area contributed by atoms with E-state index in [9.17, 15) is 14.3 Å². The van der Waals surface area contributed by atoms with E-state index < -0.39 is 11.7 Å². The van der Waals surface area contributed by atoms with Crippen molar-refractivity contribution >= 4 is 11.9 Å². The zero-order valence-corrected chi connectivity index (χ0v) is 12.4. The summed E-state index contributed by atoms with van der Waals surface area (Å²) >= 11 is 0. The molecular formula is C16H17FN4O2. The van der Waals surface area contributed by atoms with Gasteiger partial charge < -0.3 is 15.3 Å². The molecule has 7 heteroatoms. The van der Waals surface area contributed by atoms with E-state index >= 15 is 0 Å². The average molecular weight is 316 g/mol. The summed E-state index contributed by atoms with van der Waals surface area (Å²) in [4.78, 5) is 22.5. The van der Waals surface area contributed by atoms with Crippen LogP contribution in [0.4, 0.5) is 10.3 Å². The Hall–Kier alpha value is -2.54. The summed E-state index contributed by atoms with van der Waals surface area (Å²) in [6.07, 6.45) is 3.28. The first-order valence-corrected chi connectivity index (χ1v) is 7.37. The number of anilines is 1. The van der Waals surface area contributed by atoms with Gasteiger partial charge in [-0.1, -0.05) is 12.1 Å². The summed E-state index contributed by atoms with van der Waals surface area (Å²) in [5.41, 5.74) is -0.00130. The number of carbonyl (C=O) groups is 1. The summed E-state index contributed by atoms with van der Waals surface area (Å²) in [5, 5.41) is 12.3. The number of halogens is 1. The molecule has 6 nitrogen and oxygen atoms in total. The number of hydrogen-bond donors (Lipinski definition) is 2. The molecule has 1 saturated heterocycles. The van der Waals surface area contributed by atoms with Crippen molar-refractivity contribution in [1.29, 1.82) is 0 Å². The van der Waals surface area contributed by atoms with Gasteiger partial charge in [0.25, 0.3) is 5.91 Å². The molecule has 1 aromatic carbocycles. The SMILES string of the molecule is O=C(N[C@@H]1CN(c2ncccn2)C[C@H]1CO)c1ccccc1F. The Morgan fingerprint density at radius 1 is 1.26 bits per heavy atom. The van der Waals surface area contributed by atoms with Crippen LogP contribution >= 0.6 is 0 Å². The van der Waals surface area contributed by atoms with Gasteiger partial charge in [0.05, 0.1) is 11.6 Å². The van der Waals surface area contributed by atoms with E-state index in [0.717, 1.165) is 0 Å². The number of aliphatic hydroxyl groups excluding tert-OH is 1. The third-order valence-electron chi connectivity index (χ3n) is 3.95. The molecule has 1 aromatic heterocycles. The molecule has 1 amide bonds. The van der Waals surface area contributed by atoms with Crippen LogP contribution < -0.4 is 10.2 Å². The maximum absolute atomic E-state index is 13.7. The summed E-state index contributed by atoms with van der Waals surface area (Å²) in [6, 6.07) is 7.26. The highest BCUT2D eigenvalue weighted by Crippen LogP contribution is 2.21. The molecule has 2 aromatic rings. The topological polar surface area (TPSA) is 78.4 Å². The van der Waals surface area contributed by atoms with E-state index in [-0.39, 0.29) is 24.1 Å². The predicted octanol–water partition coefficient (Wildman–Crippen LogP) is 0.843. The van der Waals surface area contributed by atoms with Crippen LogP contribution in [0.15, 0.2) is 42.7 Å². The second-order valence-corrected chi connectivity index (χ2v) is 5.46. The summed E-state index contributed by atoms with van der Waals surface area (Å²) in [5.74, 6) is -0.655. The van der Waals surface area contributed by atoms with Crippen molar-refractivity contribution in [2.45, 2.75) is 6.04 Å². The molecule has 0 spiro atoms. The van der Waals surface area contributed by atoms with Gasteiger partial charge in [0, 0.05) is 38.0 Å². The third kappa shape index (κ3) is 3.29. The van der Waals surface area contributed by atoms with Crippen molar-refractivity contribution in [2.24, 2.45) is 5.92 Å². The van der Waals surface area contributed by atoms with Crippen LogP contribution in [0.25, 0.3) is 0 Å². The number of aromatic nitrogens is 2. The van der Waals surface area contributed by atoms with Gasteiger partial charge in [-0.2, -0.15) is 0 Å². The minimum absolute atomic E-state index is 0.00130. The smallest absolute Gasteiger partial charge is 0.254 e. The number of carbonyl (C=O) groups excluding carboxylic acids is 1. The van der Waals surface area contributed by atoms with Crippen molar-refractivity contribution in [1.82, 2.24) is 15.3 Å². The Balaban J connectivity index is 1.72. The number of aliphatic hydroxyl groups is 1. The molecule has 1 fully saturated rings. The number of amides is 1. The normalized spacial score (nSPS) is 20.5. The lowest BCUT2D eigenvalue weighted by molar-refractivity contribution is 0.0917. The number of hydrogen-bond acceptors (Lipinski definition) is 5. The van der Waals surface area contributed by atoms with Crippen molar-refractivity contribution in [3.63, 3.8) is 0 Å². The van der Waals surface area contributed by atoms with Crippen LogP contribution in [-0.4, -0.2) is 46.7 Å². The van der Waals surface area contributed by atoms with Crippen LogP contribution in [0.5, 0.6) is 0 Å². The lowest BCUT2D eigenvalue weighted by Gasteiger charge is -2.18. The van der Waals surface area contributed by atoms with Gasteiger partial charge in [0.15, 0.2) is 0 Å². The molecular weight excluding hydrogens is 299 g/mol. The molecule has 0 bridgehead atoms. The van der Waals surface area contributed by atoms with E-state index in [2.05, 4.69) is 15.3 Å². The third-order valence-corrected chi connectivity index (χ3v) is 3.95. The molecule has 0 radical (unpaired) electrons. The minimum atomic E-state index is -0.563. The fraction of sp³-hybridized carbons (Fsp3) is 0.312. The Morgan fingerprint density at radius 2 is 2.00 bits per heavy atom. The summed E-state index contributed by atoms with van der Waals surface area (Å²) in [6.45, 7) is 0.920. The minimum Gasteiger partial charge on any atom is -0.396 e. The van der Waals surface area contributed by atoms with E-state index in [1.54, 1.807) is 24.5 Å². The van der Waals surface area contributed by atoms with E-state index in [4.69, 9.17) is 0 Å². The van der Waals surface area contributed by atoms with Crippen LogP contribution in [-0.2, 0) is 0 Å². The Morgan fingerprint density at radius 3 is 2.70 bits per heavy atom. The molecule has 0 unspecified atom stereocenters. The zero-order valence-electron chi connectivity index (χ0n) is 12.4. The summed E-state index contributed by atoms with van der Waals surface area (Å²) < 4.78 is 13.7. The Labute approximate surface area is 133 Å². The fourth-order valence-electron chi connectivity index (χ4n) is 2.73. The zero-order chi connectivity index (χ0) is 16.2. The lowest BCUT2D eigenvalue weighted by atomic mass is 10.0. The van der Waals surface area contributed by atoms with Gasteiger partial charge in [-0.25, -0.2) is 14.4 Å². The van der Waals surface area contributed by atoms with Crippen molar-refractivity contribution < 1.29 is 14.3 Å². The van der Waals surface area contributed by atoms with Gasteiger partial charge in [-0.15, -0.1) is 0 Å². The average Bonchev–Trinajstić information content (AvgIpc) is 2.99. The molecule has 0 saturated carbocycles. The molecule has 2 atom stereocenters. The second kappa shape index (κ2) is 6.70. The Kier molecular flexibility index (Phi) is 4.47. The number of rotatable bonds is 4. The van der Waals surface area contributed by atoms with Gasteiger partial charge in [-0.3, -0.25) is 4.79 Å². The van der Waals surface area contributed by atoms with E-state index in [1.807, 2.05) is 4.90 Å². The van der Waals surface area contributed by atoms with Crippen molar-refractivity contribution in [3.8, 4) is 0 Å². The first-order valence-electron chi connectivity index (χ1n) is 7.37. The maximum atomic E-state index is 13.7. The first kappa shape index (κ1) is 15.4. The number of nitrogens with zero attached hydrogens (tertiary/aromatic N) is 3. The maximum Gasteiger partial charge on any atom is 0.254 e. The van der Waals surface area contributed by atoms with Gasteiger partial charge in [-0.05, 0) is 18.2 Å². The largest absolute Gasteiger partial charge is 0.396 e. The van der Waals surface area contributed by atoms with Gasteiger partial charge in [0.1, 0.15) is 5.82 Å². The van der Waals surface area contributed by atoms with E-state index in [1.165, 1.54) is 18.2 Å². The van der Waals surface area contributed by atoms with E-state index in [0.29, 0.717) is 19.0 Å². The first-order chi connectivity index (χ1) is 11.2. The van der Waals surface area contributed by atoms with Crippen LogP contribution in [0.2, 0.25) is 0 Å². The number of benzene rings is 1. The quantitative estimate of drug-likeness (QED) is 0.874. The highest BCUT2D eigenvalue weighted by Gasteiger charge is 2.35. The monoisotopic (exact) mass is 316 g/mol. The lowest BCUT2D eigenvalue weighted by Crippen LogP contribution is -2.42. The van der Waals surface area contributed by atoms with Crippen molar-refractivity contribution in [2.75, 3.05) is 24.6 Å². The Bertz CT molecular complexity index is 683. The highest BCUT2D eigenvalue weighted by atomic mass is 19.1. The van der Waals surface area contributed by atoms with Crippen LogP contribution in [0.1, 0.15) is 10.4 Å². The van der Waals surface area contributed by atoms with Crippen LogP contribution in [0.3, 0.4) is 0 Å². The standard InChI is InChI=1S/C16H17FN4O2/c17-13-5-2-1-4-12(13)15(23)20-14-9-21(8-11(14)10-22)16-18-6-3-7-19-16/h1-7,11,14,22H,8-10H2,(H,20,23)/t11-,14+/m0/s1. The predicted molar refractivity (Wildman–Crippen MR) is 82.5 cm³/mol. The van der Waals surface area contributed by atoms with Gasteiger partial charge in [0.2, 0.25) is 5.95 Å². The summed E-state index contributed by atoms with van der Waals surface area (Å²) in [7, 11) is 0. The molecule has 0 aliphatic carbocycles. The number of nitrogens with one attached hydrogen (secondary N) is 1. The molecule has 3 rings (SSSR count). The second-order valence-electron chi connectivity index (χ2n) is 5.46. The molecule has 23 heavy (non-hydrogen) atoms. The van der Waals surface area contributed by atoms with Crippen LogP contribution in [0, 0.1) is 11.7 Å². The molecule has 2 heterocycles. The molecule has 1 aliphatic rings. The highest BCUT2D eigenvalue weighted by molar-refractivity contribution is 5.94. The molecule has 2 N–H and O–H groups in total. The fourth-order valence-corrected chi connectivity index (χ4v) is 2.73. The van der Waals surface area contributed by atoms with Gasteiger partial charge >= 0.3 is 0 Å². The molecule has 1 aliphatic heterocycles. The van der Waals surface area contributed by atoms with Crippen molar-refractivity contribution in [3.05, 3.63) is 54.1 Å².